The summed E-state index contributed by atoms with van der Waals surface area (Å²) < 4.78 is 7.52. The Balaban J connectivity index is 1.98. The van der Waals surface area contributed by atoms with Gasteiger partial charge in [0.25, 0.3) is 0 Å². The summed E-state index contributed by atoms with van der Waals surface area (Å²) in [7, 11) is 0. The van der Waals surface area contributed by atoms with E-state index in [2.05, 4.69) is 21.4 Å². The quantitative estimate of drug-likeness (QED) is 0.741. The van der Waals surface area contributed by atoms with Gasteiger partial charge in [0, 0.05) is 17.8 Å². The number of rotatable bonds is 3. The van der Waals surface area contributed by atoms with E-state index >= 15 is 0 Å². The standard InChI is InChI=1S/C16H13N5O/c1-11-8-16(15(10-17)12(2)19-11)22-14-5-3-4-13(9-14)21-7-6-18-20-21/h3-9H,1-2H3. The second-order valence-corrected chi connectivity index (χ2v) is 4.78. The summed E-state index contributed by atoms with van der Waals surface area (Å²) >= 11 is 0. The van der Waals surface area contributed by atoms with Crippen molar-refractivity contribution in [1.82, 2.24) is 20.0 Å². The van der Waals surface area contributed by atoms with E-state index in [1.165, 1.54) is 0 Å². The van der Waals surface area contributed by atoms with Gasteiger partial charge >= 0.3 is 0 Å². The Bertz CT molecular complexity index is 849. The van der Waals surface area contributed by atoms with Crippen LogP contribution in [0.4, 0.5) is 0 Å². The van der Waals surface area contributed by atoms with E-state index in [1.807, 2.05) is 31.2 Å². The van der Waals surface area contributed by atoms with E-state index < -0.39 is 0 Å². The summed E-state index contributed by atoms with van der Waals surface area (Å²) in [6, 6.07) is 11.3. The monoisotopic (exact) mass is 291 g/mol. The molecule has 0 radical (unpaired) electrons. The Morgan fingerprint density at radius 2 is 2.09 bits per heavy atom. The highest BCUT2D eigenvalue weighted by atomic mass is 16.5. The minimum atomic E-state index is 0.441. The molecule has 3 aromatic rings. The molecule has 6 nitrogen and oxygen atoms in total. The minimum absolute atomic E-state index is 0.441. The molecule has 0 saturated heterocycles. The molecule has 0 atom stereocenters. The van der Waals surface area contributed by atoms with Gasteiger partial charge < -0.3 is 4.74 Å². The Kier molecular flexibility index (Phi) is 3.54. The first-order chi connectivity index (χ1) is 10.7. The average molecular weight is 291 g/mol. The third-order valence-electron chi connectivity index (χ3n) is 3.14. The molecule has 0 fully saturated rings. The summed E-state index contributed by atoms with van der Waals surface area (Å²) in [5.41, 5.74) is 2.73. The highest BCUT2D eigenvalue weighted by Crippen LogP contribution is 2.28. The lowest BCUT2D eigenvalue weighted by Gasteiger charge is -2.11. The van der Waals surface area contributed by atoms with E-state index in [9.17, 15) is 5.26 Å². The van der Waals surface area contributed by atoms with Crippen LogP contribution in [0.1, 0.15) is 17.0 Å². The first kappa shape index (κ1) is 13.8. The maximum absolute atomic E-state index is 9.28. The van der Waals surface area contributed by atoms with Crippen LogP contribution >= 0.6 is 0 Å². The Hall–Kier alpha value is -3.20. The first-order valence-corrected chi connectivity index (χ1v) is 6.70. The van der Waals surface area contributed by atoms with Crippen LogP contribution in [0, 0.1) is 25.2 Å². The normalized spacial score (nSPS) is 10.2. The predicted molar refractivity (Wildman–Crippen MR) is 79.9 cm³/mol. The fourth-order valence-corrected chi connectivity index (χ4v) is 2.17. The molecule has 0 amide bonds. The predicted octanol–water partition coefficient (Wildman–Crippen LogP) is 2.94. The zero-order chi connectivity index (χ0) is 15.5. The maximum Gasteiger partial charge on any atom is 0.148 e. The minimum Gasteiger partial charge on any atom is -0.456 e. The topological polar surface area (TPSA) is 76.6 Å². The van der Waals surface area contributed by atoms with Crippen LogP contribution in [0.5, 0.6) is 11.5 Å². The second kappa shape index (κ2) is 5.66. The average Bonchev–Trinajstić information content (AvgIpc) is 3.01. The molecule has 0 aliphatic carbocycles. The molecule has 108 valence electrons. The van der Waals surface area contributed by atoms with Gasteiger partial charge in [0.05, 0.1) is 23.8 Å². The molecule has 3 rings (SSSR count). The lowest BCUT2D eigenvalue weighted by atomic mass is 10.2. The van der Waals surface area contributed by atoms with Crippen LogP contribution in [0.15, 0.2) is 42.7 Å². The number of nitriles is 1. The Labute approximate surface area is 127 Å². The lowest BCUT2D eigenvalue weighted by molar-refractivity contribution is 0.478. The molecule has 22 heavy (non-hydrogen) atoms. The molecular weight excluding hydrogens is 278 g/mol. The molecule has 0 spiro atoms. The third-order valence-corrected chi connectivity index (χ3v) is 3.14. The van der Waals surface area contributed by atoms with Crippen molar-refractivity contribution in [2.24, 2.45) is 0 Å². The molecule has 2 heterocycles. The van der Waals surface area contributed by atoms with E-state index in [0.717, 1.165) is 11.4 Å². The van der Waals surface area contributed by atoms with Gasteiger partial charge in [0.2, 0.25) is 0 Å². The summed E-state index contributed by atoms with van der Waals surface area (Å²) in [6.07, 6.45) is 3.36. The SMILES string of the molecule is Cc1cc(Oc2cccc(-n3ccnn3)c2)c(C#N)c(C)n1. The summed E-state index contributed by atoms with van der Waals surface area (Å²) in [5, 5.41) is 17.0. The molecule has 0 bridgehead atoms. The number of ether oxygens (including phenoxy) is 1. The third kappa shape index (κ3) is 2.65. The molecule has 0 saturated carbocycles. The van der Waals surface area contributed by atoms with Crippen molar-refractivity contribution in [3.8, 4) is 23.3 Å². The van der Waals surface area contributed by atoms with Crippen LogP contribution < -0.4 is 4.74 Å². The molecular formula is C16H13N5O. The number of pyridine rings is 1. The van der Waals surface area contributed by atoms with Crippen LogP contribution in [0.3, 0.4) is 0 Å². The van der Waals surface area contributed by atoms with E-state index in [1.54, 1.807) is 30.1 Å². The van der Waals surface area contributed by atoms with Gasteiger partial charge in [-0.25, -0.2) is 4.68 Å². The van der Waals surface area contributed by atoms with Gasteiger partial charge in [-0.15, -0.1) is 5.10 Å². The van der Waals surface area contributed by atoms with Crippen LogP contribution in [-0.4, -0.2) is 20.0 Å². The fraction of sp³-hybridized carbons (Fsp3) is 0.125. The van der Waals surface area contributed by atoms with Crippen molar-refractivity contribution in [3.05, 3.63) is 59.7 Å². The Morgan fingerprint density at radius 1 is 1.23 bits per heavy atom. The highest BCUT2D eigenvalue weighted by molar-refractivity contribution is 5.49. The number of benzene rings is 1. The summed E-state index contributed by atoms with van der Waals surface area (Å²) in [5.74, 6) is 1.12. The van der Waals surface area contributed by atoms with Crippen molar-refractivity contribution in [2.75, 3.05) is 0 Å². The lowest BCUT2D eigenvalue weighted by Crippen LogP contribution is -1.98. The molecule has 0 unspecified atom stereocenters. The zero-order valence-electron chi connectivity index (χ0n) is 12.2. The Morgan fingerprint density at radius 3 is 2.82 bits per heavy atom. The maximum atomic E-state index is 9.28. The van der Waals surface area contributed by atoms with E-state index in [-0.39, 0.29) is 0 Å². The number of hydrogen-bond donors (Lipinski definition) is 0. The van der Waals surface area contributed by atoms with Crippen LogP contribution in [-0.2, 0) is 0 Å². The van der Waals surface area contributed by atoms with Gasteiger partial charge in [-0.2, -0.15) is 5.26 Å². The number of nitrogens with zero attached hydrogens (tertiary/aromatic N) is 5. The second-order valence-electron chi connectivity index (χ2n) is 4.78. The molecule has 6 heteroatoms. The van der Waals surface area contributed by atoms with Crippen molar-refractivity contribution >= 4 is 0 Å². The van der Waals surface area contributed by atoms with Gasteiger partial charge in [0.15, 0.2) is 0 Å². The van der Waals surface area contributed by atoms with Gasteiger partial charge in [-0.1, -0.05) is 11.3 Å². The van der Waals surface area contributed by atoms with Crippen molar-refractivity contribution in [3.63, 3.8) is 0 Å². The smallest absolute Gasteiger partial charge is 0.148 e. The first-order valence-electron chi connectivity index (χ1n) is 6.70. The van der Waals surface area contributed by atoms with Crippen molar-refractivity contribution < 1.29 is 4.74 Å². The molecule has 2 aromatic heterocycles. The van der Waals surface area contributed by atoms with Gasteiger partial charge in [-0.3, -0.25) is 4.98 Å². The molecule has 0 aliphatic heterocycles. The summed E-state index contributed by atoms with van der Waals surface area (Å²) in [6.45, 7) is 3.66. The van der Waals surface area contributed by atoms with Crippen LogP contribution in [0.25, 0.3) is 5.69 Å². The van der Waals surface area contributed by atoms with Gasteiger partial charge in [-0.05, 0) is 26.0 Å². The number of aryl methyl sites for hydroxylation is 2. The van der Waals surface area contributed by atoms with E-state index in [0.29, 0.717) is 22.8 Å². The zero-order valence-corrected chi connectivity index (χ0v) is 12.2. The molecule has 0 aliphatic rings. The fourth-order valence-electron chi connectivity index (χ4n) is 2.17. The largest absolute Gasteiger partial charge is 0.456 e. The highest BCUT2D eigenvalue weighted by Gasteiger charge is 2.11. The summed E-state index contributed by atoms with van der Waals surface area (Å²) in [4.78, 5) is 4.28. The van der Waals surface area contributed by atoms with Gasteiger partial charge in [0.1, 0.15) is 23.1 Å². The van der Waals surface area contributed by atoms with Crippen molar-refractivity contribution in [2.45, 2.75) is 13.8 Å². The number of hydrogen-bond acceptors (Lipinski definition) is 5. The van der Waals surface area contributed by atoms with E-state index in [4.69, 9.17) is 4.74 Å². The number of aromatic nitrogens is 4. The van der Waals surface area contributed by atoms with Crippen molar-refractivity contribution in [1.29, 1.82) is 5.26 Å². The molecule has 0 N–H and O–H groups in total. The molecule has 1 aromatic carbocycles. The van der Waals surface area contributed by atoms with Crippen LogP contribution in [0.2, 0.25) is 0 Å².